The highest BCUT2D eigenvalue weighted by Gasteiger charge is 2.14. The van der Waals surface area contributed by atoms with Gasteiger partial charge in [0, 0.05) is 17.6 Å². The van der Waals surface area contributed by atoms with Gasteiger partial charge in [-0.3, -0.25) is 4.79 Å². The Morgan fingerprint density at radius 1 is 1.03 bits per heavy atom. The van der Waals surface area contributed by atoms with Crippen LogP contribution in [0.2, 0.25) is 5.02 Å². The Hall–Kier alpha value is -3.38. The highest BCUT2D eigenvalue weighted by atomic mass is 35.5. The summed E-state index contributed by atoms with van der Waals surface area (Å²) in [7, 11) is -3.68. The molecule has 0 atom stereocenters. The minimum absolute atomic E-state index is 0.0737. The maximum atomic E-state index is 12.3. The number of furan rings is 1. The van der Waals surface area contributed by atoms with Gasteiger partial charge in [0.15, 0.2) is 0 Å². The van der Waals surface area contributed by atoms with Crippen molar-refractivity contribution in [1.29, 1.82) is 5.26 Å². The van der Waals surface area contributed by atoms with Gasteiger partial charge in [-0.15, -0.1) is 0 Å². The van der Waals surface area contributed by atoms with E-state index < -0.39 is 15.9 Å². The number of nitrogens with zero attached hydrogens (tertiary/aromatic N) is 1. The van der Waals surface area contributed by atoms with Crippen molar-refractivity contribution in [2.75, 3.05) is 0 Å². The van der Waals surface area contributed by atoms with E-state index in [4.69, 9.17) is 16.0 Å². The number of carbonyl (C=O) groups excluding carboxylic acids is 1. The number of nitrogens with one attached hydrogen (secondary N) is 2. The van der Waals surface area contributed by atoms with Gasteiger partial charge in [-0.25, -0.2) is 13.1 Å². The Balaban J connectivity index is 1.61. The van der Waals surface area contributed by atoms with Gasteiger partial charge in [0.2, 0.25) is 10.0 Å². The first kappa shape index (κ1) is 22.3. The van der Waals surface area contributed by atoms with Crippen LogP contribution in [0.15, 0.2) is 81.6 Å². The molecule has 0 saturated heterocycles. The van der Waals surface area contributed by atoms with Crippen molar-refractivity contribution in [3.63, 3.8) is 0 Å². The lowest BCUT2D eigenvalue weighted by Crippen LogP contribution is -2.23. The summed E-state index contributed by atoms with van der Waals surface area (Å²) in [6, 6.07) is 19.9. The summed E-state index contributed by atoms with van der Waals surface area (Å²) in [6.45, 7) is 0.162. The third-order valence-corrected chi connectivity index (χ3v) is 5.86. The molecule has 31 heavy (non-hydrogen) atoms. The van der Waals surface area contributed by atoms with E-state index in [1.807, 2.05) is 6.07 Å². The number of halogens is 1. The molecule has 9 heteroatoms. The van der Waals surface area contributed by atoms with E-state index in [1.54, 1.807) is 54.6 Å². The minimum Gasteiger partial charge on any atom is -0.460 e. The van der Waals surface area contributed by atoms with Gasteiger partial charge in [0.25, 0.3) is 5.91 Å². The number of rotatable bonds is 8. The highest BCUT2D eigenvalue weighted by Crippen LogP contribution is 2.14. The monoisotopic (exact) mass is 455 g/mol. The van der Waals surface area contributed by atoms with Gasteiger partial charge in [0.05, 0.1) is 11.4 Å². The summed E-state index contributed by atoms with van der Waals surface area (Å²) >= 11 is 5.83. The van der Waals surface area contributed by atoms with Crippen LogP contribution in [-0.2, 0) is 27.9 Å². The second-order valence-electron chi connectivity index (χ2n) is 6.42. The molecule has 1 heterocycles. The lowest BCUT2D eigenvalue weighted by atomic mass is 10.2. The lowest BCUT2D eigenvalue weighted by molar-refractivity contribution is -0.117. The van der Waals surface area contributed by atoms with Crippen LogP contribution in [-0.4, -0.2) is 14.3 Å². The number of nitriles is 1. The Labute approximate surface area is 185 Å². The maximum absolute atomic E-state index is 12.3. The van der Waals surface area contributed by atoms with E-state index in [-0.39, 0.29) is 29.3 Å². The van der Waals surface area contributed by atoms with E-state index in [0.29, 0.717) is 10.8 Å². The average molecular weight is 456 g/mol. The first-order chi connectivity index (χ1) is 14.9. The van der Waals surface area contributed by atoms with Crippen LogP contribution < -0.4 is 10.0 Å². The lowest BCUT2D eigenvalue weighted by Gasteiger charge is -2.05. The smallest absolute Gasteiger partial charge is 0.262 e. The summed E-state index contributed by atoms with van der Waals surface area (Å²) in [5.74, 6) is 0.0388. The van der Waals surface area contributed by atoms with Gasteiger partial charge < -0.3 is 9.73 Å². The number of benzene rings is 2. The Kier molecular flexibility index (Phi) is 7.26. The molecule has 0 saturated carbocycles. The molecule has 3 rings (SSSR count). The van der Waals surface area contributed by atoms with Crippen LogP contribution in [0.5, 0.6) is 0 Å². The summed E-state index contributed by atoms with van der Waals surface area (Å²) in [4.78, 5) is 12.4. The van der Waals surface area contributed by atoms with Crippen LogP contribution >= 0.6 is 11.6 Å². The van der Waals surface area contributed by atoms with Crippen molar-refractivity contribution in [2.24, 2.45) is 0 Å². The summed E-state index contributed by atoms with van der Waals surface area (Å²) < 4.78 is 32.5. The number of amides is 1. The van der Waals surface area contributed by atoms with Gasteiger partial charge in [-0.05, 0) is 42.0 Å². The summed E-state index contributed by atoms with van der Waals surface area (Å²) in [5, 5.41) is 12.5. The highest BCUT2D eigenvalue weighted by molar-refractivity contribution is 7.89. The maximum Gasteiger partial charge on any atom is 0.262 e. The number of sulfonamides is 1. The van der Waals surface area contributed by atoms with Crippen molar-refractivity contribution < 1.29 is 17.6 Å². The molecule has 0 bridgehead atoms. The van der Waals surface area contributed by atoms with Crippen LogP contribution in [0.4, 0.5) is 0 Å². The molecule has 2 N–H and O–H groups in total. The Bertz CT molecular complexity index is 1230. The predicted molar refractivity (Wildman–Crippen MR) is 116 cm³/mol. The average Bonchev–Trinajstić information content (AvgIpc) is 3.24. The Morgan fingerprint density at radius 2 is 1.74 bits per heavy atom. The molecule has 3 aromatic rings. The van der Waals surface area contributed by atoms with Crippen molar-refractivity contribution in [3.8, 4) is 6.07 Å². The zero-order valence-corrected chi connectivity index (χ0v) is 17.8. The third kappa shape index (κ3) is 6.30. The van der Waals surface area contributed by atoms with Crippen LogP contribution in [0, 0.1) is 11.3 Å². The SMILES string of the molecule is N#C/C(=C/c1ccc(CNS(=O)(=O)c2ccccc2)o1)C(=O)NCc1ccc(Cl)cc1. The van der Waals surface area contributed by atoms with E-state index >= 15 is 0 Å². The minimum atomic E-state index is -3.68. The largest absolute Gasteiger partial charge is 0.460 e. The van der Waals surface area contributed by atoms with Gasteiger partial charge in [-0.2, -0.15) is 5.26 Å². The molecule has 158 valence electrons. The van der Waals surface area contributed by atoms with E-state index in [0.717, 1.165) is 5.56 Å². The second kappa shape index (κ2) is 10.1. The molecule has 2 aromatic carbocycles. The topological polar surface area (TPSA) is 112 Å². The van der Waals surface area contributed by atoms with E-state index in [2.05, 4.69) is 10.0 Å². The quantitative estimate of drug-likeness (QED) is 0.398. The van der Waals surface area contributed by atoms with E-state index in [9.17, 15) is 18.5 Å². The molecule has 0 aliphatic rings. The van der Waals surface area contributed by atoms with Crippen LogP contribution in [0.25, 0.3) is 6.08 Å². The van der Waals surface area contributed by atoms with Crippen LogP contribution in [0.3, 0.4) is 0 Å². The standard InChI is InChI=1S/C22H18ClN3O4S/c23-18-8-6-16(7-9-18)14-25-22(27)17(13-24)12-19-10-11-20(30-19)15-26-31(28,29)21-4-2-1-3-5-21/h1-12,26H,14-15H2,(H,25,27)/b17-12-. The van der Waals surface area contributed by atoms with Crippen molar-refractivity contribution in [1.82, 2.24) is 10.0 Å². The molecule has 0 unspecified atom stereocenters. The fourth-order valence-electron chi connectivity index (χ4n) is 2.59. The molecule has 0 fully saturated rings. The normalized spacial score (nSPS) is 11.7. The number of hydrogen-bond acceptors (Lipinski definition) is 5. The predicted octanol–water partition coefficient (Wildman–Crippen LogP) is 3.63. The van der Waals surface area contributed by atoms with Gasteiger partial charge >= 0.3 is 0 Å². The van der Waals surface area contributed by atoms with E-state index in [1.165, 1.54) is 18.2 Å². The van der Waals surface area contributed by atoms with Gasteiger partial charge in [0.1, 0.15) is 23.2 Å². The summed E-state index contributed by atoms with van der Waals surface area (Å²) in [6.07, 6.45) is 1.30. The molecular weight excluding hydrogens is 438 g/mol. The molecule has 0 spiro atoms. The number of carbonyl (C=O) groups is 1. The first-order valence-electron chi connectivity index (χ1n) is 9.15. The molecule has 0 aliphatic heterocycles. The molecule has 1 aromatic heterocycles. The first-order valence-corrected chi connectivity index (χ1v) is 11.0. The fraction of sp³-hybridized carbons (Fsp3) is 0.0909. The number of hydrogen-bond donors (Lipinski definition) is 2. The van der Waals surface area contributed by atoms with Crippen molar-refractivity contribution in [3.05, 3.63) is 94.4 Å². The van der Waals surface area contributed by atoms with Crippen LogP contribution in [0.1, 0.15) is 17.1 Å². The zero-order valence-electron chi connectivity index (χ0n) is 16.2. The van der Waals surface area contributed by atoms with Crippen molar-refractivity contribution in [2.45, 2.75) is 18.0 Å². The Morgan fingerprint density at radius 3 is 2.42 bits per heavy atom. The molecule has 0 radical (unpaired) electrons. The molecular formula is C22H18ClN3O4S. The fourth-order valence-corrected chi connectivity index (χ4v) is 3.73. The molecule has 1 amide bonds. The molecule has 0 aliphatic carbocycles. The summed E-state index contributed by atoms with van der Waals surface area (Å²) in [5.41, 5.74) is 0.695. The zero-order chi connectivity index (χ0) is 22.3. The van der Waals surface area contributed by atoms with Crippen molar-refractivity contribution >= 4 is 33.6 Å². The second-order valence-corrected chi connectivity index (χ2v) is 8.62. The van der Waals surface area contributed by atoms with Gasteiger partial charge in [-0.1, -0.05) is 41.9 Å². The molecule has 7 nitrogen and oxygen atoms in total. The third-order valence-electron chi connectivity index (χ3n) is 4.19.